The second-order valence-corrected chi connectivity index (χ2v) is 5.21. The van der Waals surface area contributed by atoms with Gasteiger partial charge in [-0.2, -0.15) is 8.42 Å². The first-order chi connectivity index (χ1) is 7.42. The maximum atomic E-state index is 11.9. The number of nitrogens with two attached hydrogens (primary N) is 1. The molecule has 0 spiro atoms. The third kappa shape index (κ3) is 2.54. The van der Waals surface area contributed by atoms with Gasteiger partial charge in [0, 0.05) is 0 Å². The van der Waals surface area contributed by atoms with Crippen LogP contribution in [0.15, 0.2) is 13.8 Å². The Labute approximate surface area is 97.5 Å². The second kappa shape index (κ2) is 4.85. The van der Waals surface area contributed by atoms with Crippen LogP contribution in [0.1, 0.15) is 11.5 Å². The molecule has 90 valence electrons. The van der Waals surface area contributed by atoms with Crippen LogP contribution in [0, 0.1) is 13.8 Å². The molecule has 0 unspecified atom stereocenters. The van der Waals surface area contributed by atoms with Gasteiger partial charge in [0.25, 0.3) is 10.0 Å². The van der Waals surface area contributed by atoms with Gasteiger partial charge in [0.15, 0.2) is 15.8 Å². The van der Waals surface area contributed by atoms with E-state index in [1.807, 2.05) is 0 Å². The van der Waals surface area contributed by atoms with Crippen LogP contribution in [-0.2, 0) is 10.0 Å². The van der Waals surface area contributed by atoms with Crippen LogP contribution >= 0.6 is 11.8 Å². The molecule has 0 aliphatic heterocycles. The molecule has 9 heteroatoms. The van der Waals surface area contributed by atoms with Crippen LogP contribution in [0.4, 0.5) is 0 Å². The molecule has 0 amide bonds. The molecule has 0 aliphatic rings. The average Bonchev–Trinajstić information content (AvgIpc) is 2.55. The topological polar surface area (TPSA) is 111 Å². The third-order valence-electron chi connectivity index (χ3n) is 1.75. The van der Waals surface area contributed by atoms with Crippen molar-refractivity contribution < 1.29 is 12.9 Å². The van der Waals surface area contributed by atoms with Gasteiger partial charge in [-0.05, 0) is 20.1 Å². The lowest BCUT2D eigenvalue weighted by Crippen LogP contribution is -2.28. The maximum Gasteiger partial charge on any atom is 0.290 e. The SMILES string of the molecule is CS/C(=N\S(=O)(=O)c1c(C)noc1C)NN. The van der Waals surface area contributed by atoms with E-state index in [9.17, 15) is 8.42 Å². The minimum absolute atomic E-state index is 0.0192. The predicted molar refractivity (Wildman–Crippen MR) is 61.4 cm³/mol. The van der Waals surface area contributed by atoms with Gasteiger partial charge in [-0.15, -0.1) is 4.40 Å². The number of amidine groups is 1. The van der Waals surface area contributed by atoms with Crippen molar-refractivity contribution in [3.05, 3.63) is 11.5 Å². The van der Waals surface area contributed by atoms with Crippen molar-refractivity contribution in [1.82, 2.24) is 10.6 Å². The number of thioether (sulfide) groups is 1. The monoisotopic (exact) mass is 264 g/mol. The Balaban J connectivity index is 3.28. The zero-order valence-corrected chi connectivity index (χ0v) is 10.6. The van der Waals surface area contributed by atoms with Gasteiger partial charge in [0.05, 0.1) is 0 Å². The van der Waals surface area contributed by atoms with E-state index in [1.165, 1.54) is 13.8 Å². The minimum Gasteiger partial charge on any atom is -0.360 e. The zero-order valence-electron chi connectivity index (χ0n) is 9.01. The van der Waals surface area contributed by atoms with E-state index >= 15 is 0 Å². The summed E-state index contributed by atoms with van der Waals surface area (Å²) >= 11 is 1.09. The number of hydrazine groups is 1. The van der Waals surface area contributed by atoms with Gasteiger partial charge in [-0.3, -0.25) is 0 Å². The number of hydrogen-bond acceptors (Lipinski definition) is 6. The third-order valence-corrected chi connectivity index (χ3v) is 3.98. The van der Waals surface area contributed by atoms with Gasteiger partial charge in [-0.1, -0.05) is 16.9 Å². The average molecular weight is 264 g/mol. The molecule has 1 rings (SSSR count). The van der Waals surface area contributed by atoms with E-state index in [0.29, 0.717) is 0 Å². The molecule has 3 N–H and O–H groups in total. The fourth-order valence-corrected chi connectivity index (χ4v) is 3.00. The number of aryl methyl sites for hydroxylation is 2. The molecule has 1 aromatic rings. The lowest BCUT2D eigenvalue weighted by molar-refractivity contribution is 0.390. The molecule has 0 aromatic carbocycles. The summed E-state index contributed by atoms with van der Waals surface area (Å²) in [5, 5.41) is 3.66. The van der Waals surface area contributed by atoms with Crippen LogP contribution in [0.3, 0.4) is 0 Å². The fourth-order valence-electron chi connectivity index (χ4n) is 1.12. The molecule has 0 radical (unpaired) electrons. The van der Waals surface area contributed by atoms with Crippen LogP contribution in [0.25, 0.3) is 0 Å². The molecule has 16 heavy (non-hydrogen) atoms. The lowest BCUT2D eigenvalue weighted by atomic mass is 10.4. The van der Waals surface area contributed by atoms with Crippen molar-refractivity contribution in [2.75, 3.05) is 6.26 Å². The van der Waals surface area contributed by atoms with Gasteiger partial charge in [0.1, 0.15) is 5.69 Å². The normalized spacial score (nSPS) is 12.9. The number of nitrogens with one attached hydrogen (secondary N) is 1. The Bertz CT molecular complexity index is 480. The van der Waals surface area contributed by atoms with Crippen molar-refractivity contribution in [3.8, 4) is 0 Å². The van der Waals surface area contributed by atoms with Crippen molar-refractivity contribution in [2.45, 2.75) is 18.7 Å². The second-order valence-electron chi connectivity index (χ2n) is 2.87. The van der Waals surface area contributed by atoms with Crippen molar-refractivity contribution in [1.29, 1.82) is 0 Å². The highest BCUT2D eigenvalue weighted by Crippen LogP contribution is 2.21. The molecule has 0 atom stereocenters. The van der Waals surface area contributed by atoms with Crippen molar-refractivity contribution in [3.63, 3.8) is 0 Å². The first kappa shape index (κ1) is 13.0. The molecular formula is C7H12N4O3S2. The number of hydrogen-bond donors (Lipinski definition) is 2. The first-order valence-corrected chi connectivity index (χ1v) is 6.87. The Morgan fingerprint density at radius 1 is 1.56 bits per heavy atom. The van der Waals surface area contributed by atoms with E-state index in [-0.39, 0.29) is 21.5 Å². The molecular weight excluding hydrogens is 252 g/mol. The summed E-state index contributed by atoms with van der Waals surface area (Å²) < 4.78 is 32.0. The summed E-state index contributed by atoms with van der Waals surface area (Å²) in [6.07, 6.45) is 1.65. The summed E-state index contributed by atoms with van der Waals surface area (Å²) in [5.41, 5.74) is 2.47. The molecule has 7 nitrogen and oxygen atoms in total. The zero-order chi connectivity index (χ0) is 12.3. The Hall–Kier alpha value is -1.06. The smallest absolute Gasteiger partial charge is 0.290 e. The van der Waals surface area contributed by atoms with Gasteiger partial charge >= 0.3 is 0 Å². The summed E-state index contributed by atoms with van der Waals surface area (Å²) in [6.45, 7) is 3.05. The van der Waals surface area contributed by atoms with Gasteiger partial charge in [-0.25, -0.2) is 5.84 Å². The quantitative estimate of drug-likeness (QED) is 0.339. The summed E-state index contributed by atoms with van der Waals surface area (Å²) in [7, 11) is -3.83. The predicted octanol–water partition coefficient (Wildman–Crippen LogP) is 0.162. The summed E-state index contributed by atoms with van der Waals surface area (Å²) in [5.74, 6) is 5.32. The van der Waals surface area contributed by atoms with Crippen molar-refractivity contribution >= 4 is 27.0 Å². The Morgan fingerprint density at radius 3 is 2.56 bits per heavy atom. The van der Waals surface area contributed by atoms with Gasteiger partial charge in [0.2, 0.25) is 0 Å². The Kier molecular flexibility index (Phi) is 3.94. The standard InChI is InChI=1S/C7H12N4O3S2/c1-4-6(5(2)14-10-4)16(12,13)11-7(9-8)15-3/h8H2,1-3H3,(H,9,11). The maximum absolute atomic E-state index is 11.9. The number of sulfonamides is 1. The van der Waals surface area contributed by atoms with E-state index in [1.54, 1.807) is 6.26 Å². The van der Waals surface area contributed by atoms with E-state index < -0.39 is 10.0 Å². The lowest BCUT2D eigenvalue weighted by Gasteiger charge is -2.01. The van der Waals surface area contributed by atoms with Crippen LogP contribution in [0.5, 0.6) is 0 Å². The fraction of sp³-hybridized carbons (Fsp3) is 0.429. The van der Waals surface area contributed by atoms with E-state index in [2.05, 4.69) is 15.0 Å². The highest BCUT2D eigenvalue weighted by molar-refractivity contribution is 8.13. The minimum atomic E-state index is -3.83. The highest BCUT2D eigenvalue weighted by Gasteiger charge is 2.24. The molecule has 0 fully saturated rings. The van der Waals surface area contributed by atoms with E-state index in [0.717, 1.165) is 11.8 Å². The van der Waals surface area contributed by atoms with E-state index in [4.69, 9.17) is 10.4 Å². The Morgan fingerprint density at radius 2 is 2.19 bits per heavy atom. The molecule has 0 aliphatic carbocycles. The van der Waals surface area contributed by atoms with Gasteiger partial charge < -0.3 is 9.95 Å². The number of nitrogens with zero attached hydrogens (tertiary/aromatic N) is 2. The van der Waals surface area contributed by atoms with Crippen molar-refractivity contribution in [2.24, 2.45) is 10.2 Å². The largest absolute Gasteiger partial charge is 0.360 e. The molecule has 1 aromatic heterocycles. The summed E-state index contributed by atoms with van der Waals surface area (Å²) in [6, 6.07) is 0. The molecule has 0 saturated carbocycles. The summed E-state index contributed by atoms with van der Waals surface area (Å²) in [4.78, 5) is -0.0192. The molecule has 0 bridgehead atoms. The number of rotatable bonds is 2. The van der Waals surface area contributed by atoms with Crippen LogP contribution in [0.2, 0.25) is 0 Å². The van der Waals surface area contributed by atoms with Crippen LogP contribution < -0.4 is 11.3 Å². The van der Waals surface area contributed by atoms with Crippen LogP contribution in [-0.4, -0.2) is 25.0 Å². The molecule has 0 saturated heterocycles. The molecule has 1 heterocycles. The highest BCUT2D eigenvalue weighted by atomic mass is 32.2. The first-order valence-electron chi connectivity index (χ1n) is 4.20. The number of aromatic nitrogens is 1.